The minimum Gasteiger partial charge on any atom is -0.481 e. The van der Waals surface area contributed by atoms with Crippen LogP contribution in [-0.2, 0) is 14.3 Å². The van der Waals surface area contributed by atoms with Gasteiger partial charge in [-0.3, -0.25) is 9.59 Å². The van der Waals surface area contributed by atoms with E-state index in [9.17, 15) is 9.59 Å². The molecule has 0 radical (unpaired) electrons. The van der Waals surface area contributed by atoms with E-state index in [0.29, 0.717) is 12.8 Å². The van der Waals surface area contributed by atoms with Gasteiger partial charge in [-0.05, 0) is 64.7 Å². The maximum Gasteiger partial charge on any atom is 0.306 e. The topological polar surface area (TPSA) is 63.6 Å². The van der Waals surface area contributed by atoms with Gasteiger partial charge in [-0.15, -0.1) is 0 Å². The third kappa shape index (κ3) is 32.4. The maximum absolute atomic E-state index is 12.1. The van der Waals surface area contributed by atoms with Gasteiger partial charge in [0.25, 0.3) is 0 Å². The standard InChI is InChI=1S/C36H64O4/c1-3-4-5-6-7-8-9-10-11-12-13-14-18-21-24-27-30-33-36(39)40-34(2)31-28-25-22-19-16-15-17-20-23-26-29-32-35(37)38/h4-5,7-8,10-11,34H,3,6,9,12-33H2,1-2H3,(H,37,38)/b5-4-,8-7-,11-10-. The van der Waals surface area contributed by atoms with E-state index in [1.54, 1.807) is 0 Å². The van der Waals surface area contributed by atoms with Crippen molar-refractivity contribution < 1.29 is 19.4 Å². The van der Waals surface area contributed by atoms with E-state index in [1.807, 2.05) is 6.92 Å². The first kappa shape index (κ1) is 38.2. The van der Waals surface area contributed by atoms with E-state index in [1.165, 1.54) is 89.9 Å². The Bertz CT molecular complexity index is 649. The highest BCUT2D eigenvalue weighted by molar-refractivity contribution is 5.69. The molecular formula is C36H64O4. The van der Waals surface area contributed by atoms with Crippen LogP contribution in [0, 0.1) is 0 Å². The number of esters is 1. The lowest BCUT2D eigenvalue weighted by Crippen LogP contribution is -2.14. The van der Waals surface area contributed by atoms with E-state index < -0.39 is 5.97 Å². The molecule has 0 spiro atoms. The monoisotopic (exact) mass is 560 g/mol. The van der Waals surface area contributed by atoms with E-state index in [2.05, 4.69) is 43.4 Å². The first-order valence-corrected chi connectivity index (χ1v) is 16.9. The Labute approximate surface area is 248 Å². The van der Waals surface area contributed by atoms with Gasteiger partial charge in [-0.25, -0.2) is 0 Å². The Kier molecular flexibility index (Phi) is 30.2. The predicted octanol–water partition coefficient (Wildman–Crippen LogP) is 11.4. The van der Waals surface area contributed by atoms with Crippen molar-refractivity contribution in [3.05, 3.63) is 36.5 Å². The summed E-state index contributed by atoms with van der Waals surface area (Å²) in [5.74, 6) is -0.695. The molecule has 0 aromatic rings. The normalized spacial score (nSPS) is 12.7. The number of carboxylic acid groups (broad SMARTS) is 1. The lowest BCUT2D eigenvalue weighted by atomic mass is 10.0. The molecule has 0 aromatic carbocycles. The van der Waals surface area contributed by atoms with Crippen LogP contribution >= 0.6 is 0 Å². The zero-order chi connectivity index (χ0) is 29.4. The van der Waals surface area contributed by atoms with Crippen LogP contribution in [0.5, 0.6) is 0 Å². The Hall–Kier alpha value is -1.84. The van der Waals surface area contributed by atoms with E-state index in [4.69, 9.17) is 9.84 Å². The number of carbonyl (C=O) groups excluding carboxylic acids is 1. The van der Waals surface area contributed by atoms with Crippen LogP contribution in [-0.4, -0.2) is 23.1 Å². The molecule has 4 nitrogen and oxygen atoms in total. The van der Waals surface area contributed by atoms with Crippen LogP contribution in [0.3, 0.4) is 0 Å². The molecule has 0 saturated heterocycles. The van der Waals surface area contributed by atoms with Crippen molar-refractivity contribution in [3.8, 4) is 0 Å². The number of hydrogen-bond acceptors (Lipinski definition) is 3. The molecule has 1 N–H and O–H groups in total. The largest absolute Gasteiger partial charge is 0.481 e. The van der Waals surface area contributed by atoms with Crippen LogP contribution in [0.1, 0.15) is 174 Å². The molecule has 0 fully saturated rings. The molecule has 0 aliphatic rings. The van der Waals surface area contributed by atoms with Gasteiger partial charge in [0.2, 0.25) is 0 Å². The lowest BCUT2D eigenvalue weighted by molar-refractivity contribution is -0.148. The van der Waals surface area contributed by atoms with Crippen molar-refractivity contribution in [2.45, 2.75) is 180 Å². The molecule has 0 aliphatic heterocycles. The van der Waals surface area contributed by atoms with Crippen molar-refractivity contribution in [3.63, 3.8) is 0 Å². The molecule has 0 aromatic heterocycles. The summed E-state index contributed by atoms with van der Waals surface area (Å²) < 4.78 is 5.61. The van der Waals surface area contributed by atoms with Gasteiger partial charge in [0.1, 0.15) is 0 Å². The molecule has 0 rings (SSSR count). The second-order valence-corrected chi connectivity index (χ2v) is 11.4. The van der Waals surface area contributed by atoms with Crippen molar-refractivity contribution in [2.75, 3.05) is 0 Å². The van der Waals surface area contributed by atoms with Crippen LogP contribution in [0.25, 0.3) is 0 Å². The van der Waals surface area contributed by atoms with Gasteiger partial charge in [0.05, 0.1) is 6.10 Å². The highest BCUT2D eigenvalue weighted by atomic mass is 16.5. The summed E-state index contributed by atoms with van der Waals surface area (Å²) in [6.07, 6.45) is 41.3. The van der Waals surface area contributed by atoms with Gasteiger partial charge in [-0.2, -0.15) is 0 Å². The van der Waals surface area contributed by atoms with E-state index in [0.717, 1.165) is 57.8 Å². The van der Waals surface area contributed by atoms with Gasteiger partial charge >= 0.3 is 11.9 Å². The molecule has 0 heterocycles. The molecular weight excluding hydrogens is 496 g/mol. The number of carboxylic acids is 1. The Morgan fingerprint density at radius 1 is 0.575 bits per heavy atom. The fraction of sp³-hybridized carbons (Fsp3) is 0.778. The smallest absolute Gasteiger partial charge is 0.306 e. The summed E-state index contributed by atoms with van der Waals surface area (Å²) >= 11 is 0. The molecule has 4 heteroatoms. The van der Waals surface area contributed by atoms with Crippen LogP contribution in [0.4, 0.5) is 0 Å². The second-order valence-electron chi connectivity index (χ2n) is 11.4. The predicted molar refractivity (Wildman–Crippen MR) is 172 cm³/mol. The zero-order valence-corrected chi connectivity index (χ0v) is 26.4. The first-order valence-electron chi connectivity index (χ1n) is 16.9. The molecule has 0 bridgehead atoms. The average molecular weight is 561 g/mol. The SMILES string of the molecule is CC/C=C\C/C=C\C/C=C\CCCCCCCCCC(=O)OC(C)CCCCCCCCCCCCCC(=O)O. The number of allylic oxidation sites excluding steroid dienone is 6. The number of hydrogen-bond donors (Lipinski definition) is 1. The molecule has 1 atom stereocenters. The quantitative estimate of drug-likeness (QED) is 0.0539. The summed E-state index contributed by atoms with van der Waals surface area (Å²) in [4.78, 5) is 22.6. The summed E-state index contributed by atoms with van der Waals surface area (Å²) in [5.41, 5.74) is 0. The van der Waals surface area contributed by atoms with Gasteiger partial charge in [0, 0.05) is 12.8 Å². The van der Waals surface area contributed by atoms with Crippen LogP contribution in [0.15, 0.2) is 36.5 Å². The van der Waals surface area contributed by atoms with Gasteiger partial charge < -0.3 is 9.84 Å². The number of aliphatic carboxylic acids is 1. The highest BCUT2D eigenvalue weighted by Crippen LogP contribution is 2.15. The molecule has 1 unspecified atom stereocenters. The van der Waals surface area contributed by atoms with E-state index >= 15 is 0 Å². The van der Waals surface area contributed by atoms with E-state index in [-0.39, 0.29) is 12.1 Å². The third-order valence-electron chi connectivity index (χ3n) is 7.37. The van der Waals surface area contributed by atoms with Gasteiger partial charge in [0.15, 0.2) is 0 Å². The molecule has 0 amide bonds. The minimum absolute atomic E-state index is 0.0190. The average Bonchev–Trinajstić information content (AvgIpc) is 2.92. The van der Waals surface area contributed by atoms with Crippen molar-refractivity contribution in [1.82, 2.24) is 0 Å². The maximum atomic E-state index is 12.1. The summed E-state index contributed by atoms with van der Waals surface area (Å²) in [6, 6.07) is 0. The summed E-state index contributed by atoms with van der Waals surface area (Å²) in [5, 5.41) is 8.63. The third-order valence-corrected chi connectivity index (χ3v) is 7.37. The number of carbonyl (C=O) groups is 2. The van der Waals surface area contributed by atoms with Crippen molar-refractivity contribution in [1.29, 1.82) is 0 Å². The Morgan fingerprint density at radius 3 is 1.52 bits per heavy atom. The van der Waals surface area contributed by atoms with Crippen molar-refractivity contribution in [2.24, 2.45) is 0 Å². The van der Waals surface area contributed by atoms with Crippen molar-refractivity contribution >= 4 is 11.9 Å². The lowest BCUT2D eigenvalue weighted by Gasteiger charge is -2.13. The van der Waals surface area contributed by atoms with Crippen LogP contribution < -0.4 is 0 Å². The fourth-order valence-electron chi connectivity index (χ4n) is 4.88. The van der Waals surface area contributed by atoms with Gasteiger partial charge in [-0.1, -0.05) is 133 Å². The van der Waals surface area contributed by atoms with Crippen LogP contribution in [0.2, 0.25) is 0 Å². The minimum atomic E-state index is -0.676. The molecule has 232 valence electrons. The molecule has 40 heavy (non-hydrogen) atoms. The number of unbranched alkanes of at least 4 members (excludes halogenated alkanes) is 17. The summed E-state index contributed by atoms with van der Waals surface area (Å²) in [6.45, 7) is 4.20. The molecule has 0 saturated carbocycles. The highest BCUT2D eigenvalue weighted by Gasteiger charge is 2.09. The molecule has 0 aliphatic carbocycles. The zero-order valence-electron chi connectivity index (χ0n) is 26.4. The Balaban J connectivity index is 3.37. The Morgan fingerprint density at radius 2 is 1.00 bits per heavy atom. The second kappa shape index (κ2) is 31.7. The number of ether oxygens (including phenoxy) is 1. The number of rotatable bonds is 30. The first-order chi connectivity index (χ1) is 19.6. The summed E-state index contributed by atoms with van der Waals surface area (Å²) in [7, 11) is 0. The fourth-order valence-corrected chi connectivity index (χ4v) is 4.88.